The number of carbonyl (C=O) groups excluding carboxylic acids is 1. The first-order valence-corrected chi connectivity index (χ1v) is 4.71. The molecule has 0 spiro atoms. The molecule has 0 aliphatic rings. The standard InChI is InChI=1S/C13H12O3/c1-3-6-11-7-4-5-8-12(11)16-10-9-13(14)15-2/h4-5,7-10H,1-2H3/b10-9+. The molecule has 16 heavy (non-hydrogen) atoms. The summed E-state index contributed by atoms with van der Waals surface area (Å²) >= 11 is 0. The highest BCUT2D eigenvalue weighted by molar-refractivity contribution is 5.81. The Balaban J connectivity index is 2.76. The molecule has 0 amide bonds. The number of rotatable bonds is 3. The number of hydrogen-bond acceptors (Lipinski definition) is 3. The molecule has 3 nitrogen and oxygen atoms in total. The molecule has 0 fully saturated rings. The summed E-state index contributed by atoms with van der Waals surface area (Å²) in [6, 6.07) is 7.33. The van der Waals surface area contributed by atoms with E-state index in [9.17, 15) is 4.79 Å². The lowest BCUT2D eigenvalue weighted by atomic mass is 10.2. The number of methoxy groups -OCH3 is 1. The average Bonchev–Trinajstić information content (AvgIpc) is 2.31. The lowest BCUT2D eigenvalue weighted by Crippen LogP contribution is -1.95. The van der Waals surface area contributed by atoms with Crippen molar-refractivity contribution in [3.63, 3.8) is 0 Å². The zero-order valence-electron chi connectivity index (χ0n) is 9.19. The van der Waals surface area contributed by atoms with Crippen molar-refractivity contribution < 1.29 is 14.3 Å². The van der Waals surface area contributed by atoms with Crippen molar-refractivity contribution in [2.24, 2.45) is 0 Å². The van der Waals surface area contributed by atoms with Gasteiger partial charge in [0.2, 0.25) is 0 Å². The van der Waals surface area contributed by atoms with Crippen molar-refractivity contribution in [2.45, 2.75) is 6.92 Å². The molecule has 82 valence electrons. The lowest BCUT2D eigenvalue weighted by Gasteiger charge is -2.02. The van der Waals surface area contributed by atoms with Gasteiger partial charge in [-0.2, -0.15) is 0 Å². The second-order valence-electron chi connectivity index (χ2n) is 2.81. The Morgan fingerprint density at radius 2 is 2.12 bits per heavy atom. The second kappa shape index (κ2) is 6.31. The lowest BCUT2D eigenvalue weighted by molar-refractivity contribution is -0.134. The molecule has 0 bridgehead atoms. The van der Waals surface area contributed by atoms with E-state index in [0.717, 1.165) is 5.56 Å². The highest BCUT2D eigenvalue weighted by Gasteiger charge is 1.98. The molecule has 0 saturated heterocycles. The normalized spacial score (nSPS) is 9.38. The molecule has 0 heterocycles. The van der Waals surface area contributed by atoms with E-state index < -0.39 is 5.97 Å². The summed E-state index contributed by atoms with van der Waals surface area (Å²) in [5, 5.41) is 0. The number of benzene rings is 1. The van der Waals surface area contributed by atoms with E-state index in [-0.39, 0.29) is 0 Å². The number of carbonyl (C=O) groups is 1. The van der Waals surface area contributed by atoms with Gasteiger partial charge in [0, 0.05) is 0 Å². The van der Waals surface area contributed by atoms with Gasteiger partial charge in [0.25, 0.3) is 0 Å². The van der Waals surface area contributed by atoms with Gasteiger partial charge in [0.1, 0.15) is 5.75 Å². The first-order chi connectivity index (χ1) is 7.77. The average molecular weight is 216 g/mol. The van der Waals surface area contributed by atoms with Gasteiger partial charge in [-0.3, -0.25) is 0 Å². The Bertz CT molecular complexity index is 450. The summed E-state index contributed by atoms with van der Waals surface area (Å²) in [4.78, 5) is 10.8. The predicted molar refractivity (Wildman–Crippen MR) is 60.8 cm³/mol. The molecule has 3 heteroatoms. The van der Waals surface area contributed by atoms with E-state index in [2.05, 4.69) is 16.6 Å². The van der Waals surface area contributed by atoms with Crippen LogP contribution in [0.3, 0.4) is 0 Å². The first-order valence-electron chi connectivity index (χ1n) is 4.71. The molecule has 0 N–H and O–H groups in total. The number of para-hydroxylation sites is 1. The van der Waals surface area contributed by atoms with Crippen molar-refractivity contribution in [1.29, 1.82) is 0 Å². The molecule has 0 unspecified atom stereocenters. The molecule has 1 aromatic carbocycles. The van der Waals surface area contributed by atoms with Crippen LogP contribution in [0, 0.1) is 11.8 Å². The summed E-state index contributed by atoms with van der Waals surface area (Å²) in [7, 11) is 1.31. The smallest absolute Gasteiger partial charge is 0.333 e. The molecule has 0 atom stereocenters. The first kappa shape index (κ1) is 11.9. The highest BCUT2D eigenvalue weighted by Crippen LogP contribution is 2.16. The van der Waals surface area contributed by atoms with Crippen molar-refractivity contribution in [1.82, 2.24) is 0 Å². The van der Waals surface area contributed by atoms with E-state index in [1.165, 1.54) is 19.4 Å². The van der Waals surface area contributed by atoms with Gasteiger partial charge in [-0.25, -0.2) is 4.79 Å². The Labute approximate surface area is 94.7 Å². The Morgan fingerprint density at radius 3 is 2.81 bits per heavy atom. The number of hydrogen-bond donors (Lipinski definition) is 0. The predicted octanol–water partition coefficient (Wildman–Crippen LogP) is 2.12. The van der Waals surface area contributed by atoms with Gasteiger partial charge >= 0.3 is 5.97 Å². The van der Waals surface area contributed by atoms with Crippen molar-refractivity contribution in [3.8, 4) is 17.6 Å². The third kappa shape index (κ3) is 3.50. The van der Waals surface area contributed by atoms with Gasteiger partial charge < -0.3 is 9.47 Å². The third-order valence-electron chi connectivity index (χ3n) is 1.75. The highest BCUT2D eigenvalue weighted by atomic mass is 16.5. The number of esters is 1. The second-order valence-corrected chi connectivity index (χ2v) is 2.81. The van der Waals surface area contributed by atoms with Crippen LogP contribution in [0.15, 0.2) is 36.6 Å². The van der Waals surface area contributed by atoms with E-state index >= 15 is 0 Å². The largest absolute Gasteiger partial charge is 0.466 e. The monoisotopic (exact) mass is 216 g/mol. The maximum absolute atomic E-state index is 10.8. The van der Waals surface area contributed by atoms with Crippen molar-refractivity contribution in [2.75, 3.05) is 7.11 Å². The Hall–Kier alpha value is -2.21. The molecule has 0 saturated carbocycles. The van der Waals surface area contributed by atoms with E-state index in [1.807, 2.05) is 18.2 Å². The van der Waals surface area contributed by atoms with Gasteiger partial charge in [0.05, 0.1) is 25.0 Å². The summed E-state index contributed by atoms with van der Waals surface area (Å²) in [6.07, 6.45) is 2.48. The maximum Gasteiger partial charge on any atom is 0.333 e. The summed E-state index contributed by atoms with van der Waals surface area (Å²) in [5.41, 5.74) is 0.777. The molecule has 1 aromatic rings. The number of ether oxygens (including phenoxy) is 2. The summed E-state index contributed by atoms with van der Waals surface area (Å²) in [6.45, 7) is 1.75. The molecule has 1 rings (SSSR count). The Kier molecular flexibility index (Phi) is 4.68. The summed E-state index contributed by atoms with van der Waals surface area (Å²) in [5.74, 6) is 5.84. The van der Waals surface area contributed by atoms with Crippen LogP contribution >= 0.6 is 0 Å². The van der Waals surface area contributed by atoms with Crippen molar-refractivity contribution in [3.05, 3.63) is 42.2 Å². The molecular weight excluding hydrogens is 204 g/mol. The fourth-order valence-corrected chi connectivity index (χ4v) is 1.04. The van der Waals surface area contributed by atoms with Crippen LogP contribution in [0.1, 0.15) is 12.5 Å². The topological polar surface area (TPSA) is 35.5 Å². The van der Waals surface area contributed by atoms with E-state index in [4.69, 9.17) is 4.74 Å². The quantitative estimate of drug-likeness (QED) is 0.336. The third-order valence-corrected chi connectivity index (χ3v) is 1.75. The van der Waals surface area contributed by atoms with E-state index in [0.29, 0.717) is 5.75 Å². The van der Waals surface area contributed by atoms with Crippen LogP contribution in [-0.4, -0.2) is 13.1 Å². The minimum atomic E-state index is -0.459. The maximum atomic E-state index is 10.8. The molecule has 0 aliphatic heterocycles. The van der Waals surface area contributed by atoms with Crippen LogP contribution in [-0.2, 0) is 9.53 Å². The van der Waals surface area contributed by atoms with E-state index in [1.54, 1.807) is 13.0 Å². The minimum absolute atomic E-state index is 0.459. The molecular formula is C13H12O3. The fraction of sp³-hybridized carbons (Fsp3) is 0.154. The molecule has 0 aliphatic carbocycles. The van der Waals surface area contributed by atoms with Crippen LogP contribution < -0.4 is 4.74 Å². The van der Waals surface area contributed by atoms with Gasteiger partial charge in [-0.05, 0) is 19.1 Å². The Morgan fingerprint density at radius 1 is 1.38 bits per heavy atom. The minimum Gasteiger partial charge on any atom is -0.466 e. The summed E-state index contributed by atoms with van der Waals surface area (Å²) < 4.78 is 9.71. The van der Waals surface area contributed by atoms with Gasteiger partial charge in [-0.1, -0.05) is 18.1 Å². The van der Waals surface area contributed by atoms with Gasteiger partial charge in [-0.15, -0.1) is 5.92 Å². The van der Waals surface area contributed by atoms with Gasteiger partial charge in [0.15, 0.2) is 0 Å². The van der Waals surface area contributed by atoms with Crippen LogP contribution in [0.4, 0.5) is 0 Å². The van der Waals surface area contributed by atoms with Crippen LogP contribution in [0.2, 0.25) is 0 Å². The van der Waals surface area contributed by atoms with Crippen LogP contribution in [0.25, 0.3) is 0 Å². The molecule has 0 aromatic heterocycles. The van der Waals surface area contributed by atoms with Crippen molar-refractivity contribution >= 4 is 5.97 Å². The SMILES string of the molecule is CC#Cc1ccccc1O/C=C/C(=O)OC. The zero-order chi connectivity index (χ0) is 11.8. The van der Waals surface area contributed by atoms with Crippen LogP contribution in [0.5, 0.6) is 5.75 Å². The zero-order valence-corrected chi connectivity index (χ0v) is 9.19. The fourth-order valence-electron chi connectivity index (χ4n) is 1.04. The molecule has 0 radical (unpaired) electrons.